The maximum atomic E-state index is 11.6. The minimum atomic E-state index is -0.252. The van der Waals surface area contributed by atoms with E-state index < -0.39 is 0 Å². The molecule has 0 unspecified atom stereocenters. The van der Waals surface area contributed by atoms with Crippen molar-refractivity contribution in [3.05, 3.63) is 0 Å². The molecular formula is C15H29N3O2. The molecule has 0 saturated carbocycles. The van der Waals surface area contributed by atoms with Gasteiger partial charge in [0.05, 0.1) is 6.10 Å². The number of likely N-dealkylation sites (tertiary alicyclic amines) is 1. The summed E-state index contributed by atoms with van der Waals surface area (Å²) in [7, 11) is 0. The second-order valence-corrected chi connectivity index (χ2v) is 6.19. The predicted molar refractivity (Wildman–Crippen MR) is 79.6 cm³/mol. The van der Waals surface area contributed by atoms with Gasteiger partial charge in [-0.25, -0.2) is 0 Å². The molecule has 1 amide bonds. The van der Waals surface area contributed by atoms with Crippen molar-refractivity contribution in [3.63, 3.8) is 0 Å². The number of aliphatic hydroxyl groups excluding tert-OH is 1. The Morgan fingerprint density at radius 1 is 1.30 bits per heavy atom. The smallest absolute Gasteiger partial charge is 0.222 e. The topological polar surface area (TPSA) is 47.0 Å². The minimum absolute atomic E-state index is 0.252. The lowest BCUT2D eigenvalue weighted by molar-refractivity contribution is -0.127. The number of β-amino-alcohol motifs (C(OH)–C–C–N with tert-alkyl or cyclic N) is 1. The fraction of sp³-hybridized carbons (Fsp3) is 0.933. The first-order valence-electron chi connectivity index (χ1n) is 8.02. The number of carbonyl (C=O) groups is 1. The van der Waals surface area contributed by atoms with Gasteiger partial charge in [0.1, 0.15) is 0 Å². The van der Waals surface area contributed by atoms with Gasteiger partial charge in [-0.3, -0.25) is 14.6 Å². The fourth-order valence-electron chi connectivity index (χ4n) is 3.33. The Hall–Kier alpha value is -0.650. The molecule has 5 nitrogen and oxygen atoms in total. The van der Waals surface area contributed by atoms with Crippen molar-refractivity contribution in [1.82, 2.24) is 14.7 Å². The largest absolute Gasteiger partial charge is 0.392 e. The average molecular weight is 283 g/mol. The van der Waals surface area contributed by atoms with Crippen LogP contribution >= 0.6 is 0 Å². The molecule has 116 valence electrons. The zero-order valence-corrected chi connectivity index (χ0v) is 12.9. The molecule has 2 fully saturated rings. The van der Waals surface area contributed by atoms with Gasteiger partial charge in [-0.15, -0.1) is 0 Å². The van der Waals surface area contributed by atoms with Crippen LogP contribution in [0, 0.1) is 0 Å². The van der Waals surface area contributed by atoms with E-state index in [1.165, 1.54) is 0 Å². The molecule has 0 bridgehead atoms. The zero-order valence-electron chi connectivity index (χ0n) is 12.9. The van der Waals surface area contributed by atoms with E-state index in [-0.39, 0.29) is 6.10 Å². The predicted octanol–water partition coefficient (Wildman–Crippen LogP) is 0.386. The number of carbonyl (C=O) groups excluding carboxylic acids is 1. The Balaban J connectivity index is 1.76. The third kappa shape index (κ3) is 4.17. The minimum Gasteiger partial charge on any atom is -0.392 e. The molecule has 20 heavy (non-hydrogen) atoms. The Labute approximate surface area is 122 Å². The van der Waals surface area contributed by atoms with Crippen molar-refractivity contribution in [2.75, 3.05) is 45.8 Å². The molecule has 1 N–H and O–H groups in total. The molecule has 0 spiro atoms. The van der Waals surface area contributed by atoms with Crippen molar-refractivity contribution in [3.8, 4) is 0 Å². The molecule has 0 aromatic carbocycles. The molecule has 0 radical (unpaired) electrons. The monoisotopic (exact) mass is 283 g/mol. The van der Waals surface area contributed by atoms with Gasteiger partial charge >= 0.3 is 0 Å². The number of nitrogens with zero attached hydrogens (tertiary/aromatic N) is 3. The lowest BCUT2D eigenvalue weighted by Crippen LogP contribution is -2.55. The van der Waals surface area contributed by atoms with Crippen molar-refractivity contribution >= 4 is 5.91 Å². The standard InChI is InChI=1S/C15H29N3O2/c1-3-14-12-16(8-10-18(14)11-13(2)19)7-9-17-6-4-5-15(17)20/h13-14,19H,3-12H2,1-2H3/t13-,14+/m1/s1. The van der Waals surface area contributed by atoms with Gasteiger partial charge in [0.2, 0.25) is 5.91 Å². The van der Waals surface area contributed by atoms with E-state index in [1.54, 1.807) is 0 Å². The van der Waals surface area contributed by atoms with Crippen LogP contribution in [0.25, 0.3) is 0 Å². The quantitative estimate of drug-likeness (QED) is 0.766. The Bertz CT molecular complexity index is 322. The number of rotatable bonds is 6. The van der Waals surface area contributed by atoms with E-state index in [0.29, 0.717) is 11.9 Å². The summed E-state index contributed by atoms with van der Waals surface area (Å²) in [5, 5.41) is 9.56. The molecule has 0 aromatic rings. The van der Waals surface area contributed by atoms with E-state index in [9.17, 15) is 9.90 Å². The van der Waals surface area contributed by atoms with Crippen molar-refractivity contribution < 1.29 is 9.90 Å². The van der Waals surface area contributed by atoms with Crippen molar-refractivity contribution in [2.24, 2.45) is 0 Å². The molecule has 2 saturated heterocycles. The number of aliphatic hydroxyl groups is 1. The number of piperazine rings is 1. The van der Waals surface area contributed by atoms with E-state index >= 15 is 0 Å². The molecule has 0 aromatic heterocycles. The van der Waals surface area contributed by atoms with Crippen LogP contribution in [0.2, 0.25) is 0 Å². The van der Waals surface area contributed by atoms with Crippen LogP contribution in [0.1, 0.15) is 33.1 Å². The van der Waals surface area contributed by atoms with E-state index in [2.05, 4.69) is 16.7 Å². The zero-order chi connectivity index (χ0) is 14.5. The van der Waals surface area contributed by atoms with Crippen LogP contribution in [0.5, 0.6) is 0 Å². The molecule has 2 atom stereocenters. The lowest BCUT2D eigenvalue weighted by atomic mass is 10.1. The van der Waals surface area contributed by atoms with E-state index in [0.717, 1.165) is 65.1 Å². The molecule has 2 rings (SSSR count). The third-order valence-corrected chi connectivity index (χ3v) is 4.52. The number of amides is 1. The first-order valence-corrected chi connectivity index (χ1v) is 8.02. The molecule has 2 heterocycles. The van der Waals surface area contributed by atoms with Crippen LogP contribution in [0.3, 0.4) is 0 Å². The van der Waals surface area contributed by atoms with Gasteiger partial charge < -0.3 is 10.0 Å². The van der Waals surface area contributed by atoms with E-state index in [1.807, 2.05) is 11.8 Å². The molecule has 5 heteroatoms. The summed E-state index contributed by atoms with van der Waals surface area (Å²) in [6.07, 6.45) is 2.63. The van der Waals surface area contributed by atoms with Crippen LogP contribution < -0.4 is 0 Å². The third-order valence-electron chi connectivity index (χ3n) is 4.52. The second kappa shape index (κ2) is 7.38. The van der Waals surface area contributed by atoms with Gasteiger partial charge in [0.25, 0.3) is 0 Å². The highest BCUT2D eigenvalue weighted by Gasteiger charge is 2.27. The summed E-state index contributed by atoms with van der Waals surface area (Å²) < 4.78 is 0. The summed E-state index contributed by atoms with van der Waals surface area (Å²) in [5.74, 6) is 0.324. The Kier molecular flexibility index (Phi) is 5.81. The maximum absolute atomic E-state index is 11.6. The van der Waals surface area contributed by atoms with Gasteiger partial charge in [-0.2, -0.15) is 0 Å². The van der Waals surface area contributed by atoms with Crippen LogP contribution in [-0.2, 0) is 4.79 Å². The van der Waals surface area contributed by atoms with Gasteiger partial charge in [0, 0.05) is 58.3 Å². The molecular weight excluding hydrogens is 254 g/mol. The van der Waals surface area contributed by atoms with Crippen molar-refractivity contribution in [1.29, 1.82) is 0 Å². The SMILES string of the molecule is CC[C@H]1CN(CCN2CCCC2=O)CCN1C[C@@H](C)O. The normalized spacial score (nSPS) is 27.2. The van der Waals surface area contributed by atoms with Crippen LogP contribution in [0.4, 0.5) is 0 Å². The van der Waals surface area contributed by atoms with Crippen molar-refractivity contribution in [2.45, 2.75) is 45.3 Å². The molecule has 2 aliphatic rings. The van der Waals surface area contributed by atoms with Gasteiger partial charge in [-0.1, -0.05) is 6.92 Å². The Morgan fingerprint density at radius 2 is 2.10 bits per heavy atom. The highest BCUT2D eigenvalue weighted by atomic mass is 16.3. The molecule has 2 aliphatic heterocycles. The van der Waals surface area contributed by atoms with Crippen LogP contribution in [-0.4, -0.2) is 83.7 Å². The summed E-state index contributed by atoms with van der Waals surface area (Å²) in [5.41, 5.74) is 0. The fourth-order valence-corrected chi connectivity index (χ4v) is 3.33. The van der Waals surface area contributed by atoms with Gasteiger partial charge in [0.15, 0.2) is 0 Å². The Morgan fingerprint density at radius 3 is 2.70 bits per heavy atom. The number of hydrogen-bond donors (Lipinski definition) is 1. The maximum Gasteiger partial charge on any atom is 0.222 e. The average Bonchev–Trinajstić information content (AvgIpc) is 2.82. The van der Waals surface area contributed by atoms with Crippen LogP contribution in [0.15, 0.2) is 0 Å². The number of hydrogen-bond acceptors (Lipinski definition) is 4. The lowest BCUT2D eigenvalue weighted by Gasteiger charge is -2.42. The first kappa shape index (κ1) is 15.7. The van der Waals surface area contributed by atoms with Gasteiger partial charge in [-0.05, 0) is 19.8 Å². The highest BCUT2D eigenvalue weighted by Crippen LogP contribution is 2.14. The molecule has 0 aliphatic carbocycles. The second-order valence-electron chi connectivity index (χ2n) is 6.19. The summed E-state index contributed by atoms with van der Waals surface area (Å²) >= 11 is 0. The van der Waals surface area contributed by atoms with E-state index in [4.69, 9.17) is 0 Å². The summed E-state index contributed by atoms with van der Waals surface area (Å²) in [6.45, 7) is 10.8. The summed E-state index contributed by atoms with van der Waals surface area (Å²) in [6, 6.07) is 0.535. The summed E-state index contributed by atoms with van der Waals surface area (Å²) in [4.78, 5) is 18.5. The highest BCUT2D eigenvalue weighted by molar-refractivity contribution is 5.78. The first-order chi connectivity index (χ1) is 9.60.